The van der Waals surface area contributed by atoms with Gasteiger partial charge in [0.05, 0.1) is 5.69 Å². The Hall–Kier alpha value is -2.38. The zero-order valence-electron chi connectivity index (χ0n) is 17.5. The number of piperidine rings is 1. The van der Waals surface area contributed by atoms with Crippen LogP contribution in [0.25, 0.3) is 0 Å². The number of aryl methyl sites for hydroxylation is 2. The van der Waals surface area contributed by atoms with E-state index in [4.69, 9.17) is 0 Å². The van der Waals surface area contributed by atoms with Gasteiger partial charge in [0.2, 0.25) is 5.91 Å². The summed E-state index contributed by atoms with van der Waals surface area (Å²) in [5.41, 5.74) is 2.40. The molecule has 1 aromatic rings. The molecule has 8 heteroatoms. The molecule has 0 bridgehead atoms. The van der Waals surface area contributed by atoms with Crippen molar-refractivity contribution in [2.24, 2.45) is 13.0 Å². The minimum Gasteiger partial charge on any atom is -0.342 e. The summed E-state index contributed by atoms with van der Waals surface area (Å²) in [4.78, 5) is 41.0. The fraction of sp³-hybridized carbons (Fsp3) is 0.700. The average Bonchev–Trinajstić information content (AvgIpc) is 3.00. The lowest BCUT2D eigenvalue weighted by Gasteiger charge is -2.42. The number of hydrogen-bond acceptors (Lipinski definition) is 4. The first-order valence-electron chi connectivity index (χ1n) is 10.1. The van der Waals surface area contributed by atoms with Crippen LogP contribution in [-0.2, 0) is 23.1 Å². The Kier molecular flexibility index (Phi) is 5.50. The smallest absolute Gasteiger partial charge is 0.325 e. The third-order valence-corrected chi connectivity index (χ3v) is 6.14. The van der Waals surface area contributed by atoms with Gasteiger partial charge in [-0.25, -0.2) is 4.79 Å². The number of imide groups is 1. The van der Waals surface area contributed by atoms with Gasteiger partial charge >= 0.3 is 6.03 Å². The molecule has 2 saturated heterocycles. The molecule has 3 rings (SSSR count). The van der Waals surface area contributed by atoms with Crippen molar-refractivity contribution in [3.05, 3.63) is 17.0 Å². The first-order valence-corrected chi connectivity index (χ1v) is 10.1. The third kappa shape index (κ3) is 3.52. The summed E-state index contributed by atoms with van der Waals surface area (Å²) in [6, 6.07) is -0.305. The van der Waals surface area contributed by atoms with Crippen molar-refractivity contribution in [1.82, 2.24) is 24.9 Å². The van der Waals surface area contributed by atoms with Crippen LogP contribution in [0.1, 0.15) is 50.1 Å². The van der Waals surface area contributed by atoms with Gasteiger partial charge in [-0.15, -0.1) is 0 Å². The topological polar surface area (TPSA) is 87.5 Å². The molecule has 1 N–H and O–H groups in total. The number of hydrogen-bond donors (Lipinski definition) is 1. The largest absolute Gasteiger partial charge is 0.342 e. The van der Waals surface area contributed by atoms with Crippen LogP contribution in [0.4, 0.5) is 4.79 Å². The molecule has 0 atom stereocenters. The van der Waals surface area contributed by atoms with Gasteiger partial charge in [0.15, 0.2) is 0 Å². The highest BCUT2D eigenvalue weighted by Gasteiger charge is 2.54. The molecule has 28 heavy (non-hydrogen) atoms. The summed E-state index contributed by atoms with van der Waals surface area (Å²) in [7, 11) is 1.91. The zero-order valence-corrected chi connectivity index (χ0v) is 17.5. The van der Waals surface area contributed by atoms with Crippen molar-refractivity contribution in [3.63, 3.8) is 0 Å². The Balaban J connectivity index is 1.62. The minimum atomic E-state index is -0.797. The minimum absolute atomic E-state index is 0.0950. The highest BCUT2D eigenvalue weighted by atomic mass is 16.2. The van der Waals surface area contributed by atoms with E-state index in [-0.39, 0.29) is 23.8 Å². The Morgan fingerprint density at radius 1 is 1.21 bits per heavy atom. The van der Waals surface area contributed by atoms with Gasteiger partial charge in [0.1, 0.15) is 5.54 Å². The van der Waals surface area contributed by atoms with Crippen LogP contribution in [0.2, 0.25) is 0 Å². The molecule has 8 nitrogen and oxygen atoms in total. The number of carbonyl (C=O) groups is 3. The molecule has 0 saturated carbocycles. The molecule has 0 aliphatic carbocycles. The molecular formula is C20H31N5O3. The molecule has 4 amide bonds. The summed E-state index contributed by atoms with van der Waals surface area (Å²) < 4.78 is 1.85. The molecule has 154 valence electrons. The van der Waals surface area contributed by atoms with Crippen molar-refractivity contribution < 1.29 is 14.4 Å². The monoisotopic (exact) mass is 389 g/mol. The predicted molar refractivity (Wildman–Crippen MR) is 105 cm³/mol. The molecule has 1 aromatic heterocycles. The molecule has 2 aliphatic heterocycles. The third-order valence-electron chi connectivity index (χ3n) is 6.14. The highest BCUT2D eigenvalue weighted by Crippen LogP contribution is 2.34. The zero-order chi connectivity index (χ0) is 20.6. The van der Waals surface area contributed by atoms with E-state index in [9.17, 15) is 14.4 Å². The molecular weight excluding hydrogens is 358 g/mol. The lowest BCUT2D eigenvalue weighted by molar-refractivity contribution is -0.138. The second-order valence-electron chi connectivity index (χ2n) is 8.45. The Bertz CT molecular complexity index is 790. The fourth-order valence-corrected chi connectivity index (χ4v) is 4.41. The number of urea groups is 1. The quantitative estimate of drug-likeness (QED) is 0.774. The average molecular weight is 390 g/mol. The number of likely N-dealkylation sites (tertiary alicyclic amines) is 1. The summed E-state index contributed by atoms with van der Waals surface area (Å²) in [6.07, 6.45) is 2.09. The summed E-state index contributed by atoms with van der Waals surface area (Å²) in [6.45, 7) is 9.60. The van der Waals surface area contributed by atoms with Crippen LogP contribution < -0.4 is 5.32 Å². The van der Waals surface area contributed by atoms with Gasteiger partial charge in [0, 0.05) is 38.8 Å². The van der Waals surface area contributed by atoms with Crippen LogP contribution >= 0.6 is 0 Å². The number of rotatable bonds is 5. The van der Waals surface area contributed by atoms with E-state index in [1.54, 1.807) is 4.90 Å². The van der Waals surface area contributed by atoms with E-state index in [2.05, 4.69) is 10.4 Å². The van der Waals surface area contributed by atoms with Crippen molar-refractivity contribution in [3.8, 4) is 0 Å². The number of aromatic nitrogens is 2. The van der Waals surface area contributed by atoms with Crippen molar-refractivity contribution >= 4 is 17.8 Å². The molecule has 2 fully saturated rings. The number of amides is 4. The molecule has 0 unspecified atom stereocenters. The van der Waals surface area contributed by atoms with Crippen molar-refractivity contribution in [2.75, 3.05) is 19.6 Å². The van der Waals surface area contributed by atoms with E-state index in [1.807, 2.05) is 44.3 Å². The van der Waals surface area contributed by atoms with E-state index in [1.165, 1.54) is 0 Å². The number of carbonyl (C=O) groups excluding carboxylic acids is 3. The van der Waals surface area contributed by atoms with E-state index in [0.29, 0.717) is 45.3 Å². The number of nitrogens with zero attached hydrogens (tertiary/aromatic N) is 4. The Labute approximate surface area is 166 Å². The van der Waals surface area contributed by atoms with Gasteiger partial charge in [-0.05, 0) is 44.6 Å². The van der Waals surface area contributed by atoms with E-state index < -0.39 is 5.54 Å². The van der Waals surface area contributed by atoms with Crippen LogP contribution in [0, 0.1) is 19.8 Å². The maximum atomic E-state index is 12.7. The second-order valence-corrected chi connectivity index (χ2v) is 8.45. The molecule has 1 spiro atoms. The van der Waals surface area contributed by atoms with Crippen LogP contribution in [-0.4, -0.2) is 62.6 Å². The highest BCUT2D eigenvalue weighted by molar-refractivity contribution is 6.07. The predicted octanol–water partition coefficient (Wildman–Crippen LogP) is 1.54. The lowest BCUT2D eigenvalue weighted by atomic mass is 9.85. The van der Waals surface area contributed by atoms with Crippen molar-refractivity contribution in [2.45, 2.75) is 58.9 Å². The number of nitrogens with one attached hydrogen (secondary N) is 1. The first kappa shape index (κ1) is 20.4. The van der Waals surface area contributed by atoms with Gasteiger partial charge in [0.25, 0.3) is 5.91 Å². The van der Waals surface area contributed by atoms with Crippen LogP contribution in [0.5, 0.6) is 0 Å². The molecule has 0 aromatic carbocycles. The first-order chi connectivity index (χ1) is 13.2. The maximum absolute atomic E-state index is 12.7. The summed E-state index contributed by atoms with van der Waals surface area (Å²) >= 11 is 0. The van der Waals surface area contributed by atoms with Gasteiger partial charge in [-0.3, -0.25) is 19.6 Å². The SMILES string of the molecule is Cc1nn(C)c(C)c1CCC(=O)N1CCC2(CC1)C(=O)NC(=O)N2CC(C)C. The van der Waals surface area contributed by atoms with Crippen LogP contribution in [0.3, 0.4) is 0 Å². The fourth-order valence-electron chi connectivity index (χ4n) is 4.41. The van der Waals surface area contributed by atoms with Crippen LogP contribution in [0.15, 0.2) is 0 Å². The molecule has 2 aliphatic rings. The second kappa shape index (κ2) is 7.56. The summed E-state index contributed by atoms with van der Waals surface area (Å²) in [5, 5.41) is 6.88. The molecule has 3 heterocycles. The van der Waals surface area contributed by atoms with E-state index in [0.717, 1.165) is 17.0 Å². The van der Waals surface area contributed by atoms with Gasteiger partial charge in [-0.1, -0.05) is 13.8 Å². The van der Waals surface area contributed by atoms with Crippen molar-refractivity contribution in [1.29, 1.82) is 0 Å². The standard InChI is InChI=1S/C20H31N5O3/c1-13(2)12-25-19(28)21-18(27)20(25)8-10-24(11-9-20)17(26)7-6-16-14(3)22-23(5)15(16)4/h13H,6-12H2,1-5H3,(H,21,27,28). The summed E-state index contributed by atoms with van der Waals surface area (Å²) in [5.74, 6) is 0.156. The maximum Gasteiger partial charge on any atom is 0.325 e. The van der Waals surface area contributed by atoms with Gasteiger partial charge < -0.3 is 9.80 Å². The Morgan fingerprint density at radius 3 is 2.39 bits per heavy atom. The Morgan fingerprint density at radius 2 is 1.86 bits per heavy atom. The lowest BCUT2D eigenvalue weighted by Crippen LogP contribution is -2.58. The van der Waals surface area contributed by atoms with Gasteiger partial charge in [-0.2, -0.15) is 5.10 Å². The molecule has 0 radical (unpaired) electrons. The normalized spacial score (nSPS) is 19.1. The van der Waals surface area contributed by atoms with E-state index >= 15 is 0 Å².